The maximum absolute atomic E-state index is 6.21. The van der Waals surface area contributed by atoms with Gasteiger partial charge in [0, 0.05) is 6.20 Å². The van der Waals surface area contributed by atoms with Crippen LogP contribution in [0.25, 0.3) is 16.3 Å². The number of rotatable bonds is 2. The van der Waals surface area contributed by atoms with E-state index in [0.29, 0.717) is 10.2 Å². The first-order chi connectivity index (χ1) is 9.15. The molecule has 0 atom stereocenters. The van der Waals surface area contributed by atoms with Crippen LogP contribution in [0.4, 0.5) is 5.13 Å². The van der Waals surface area contributed by atoms with Crippen LogP contribution >= 0.6 is 22.9 Å². The van der Waals surface area contributed by atoms with Crippen LogP contribution in [0, 0.1) is 6.92 Å². The van der Waals surface area contributed by atoms with Gasteiger partial charge in [0.2, 0.25) is 0 Å². The van der Waals surface area contributed by atoms with Crippen molar-refractivity contribution in [2.45, 2.75) is 6.92 Å². The van der Waals surface area contributed by atoms with E-state index in [2.05, 4.69) is 15.3 Å². The molecule has 0 saturated heterocycles. The standard InChI is InChI=1S/C12H10ClN5S/c1-7-3-2-4-8(13)11(7)18-6-9(16-17-18)10-5-15-12(14)19-10/h2-6H,1H3,(H2,14,15). The van der Waals surface area contributed by atoms with E-state index in [-0.39, 0.29) is 0 Å². The second-order valence-electron chi connectivity index (χ2n) is 4.02. The van der Waals surface area contributed by atoms with Gasteiger partial charge in [-0.3, -0.25) is 0 Å². The van der Waals surface area contributed by atoms with Crippen LogP contribution in [0.5, 0.6) is 0 Å². The summed E-state index contributed by atoms with van der Waals surface area (Å²) in [4.78, 5) is 4.89. The molecule has 2 aromatic heterocycles. The van der Waals surface area contributed by atoms with E-state index < -0.39 is 0 Å². The van der Waals surface area contributed by atoms with Gasteiger partial charge >= 0.3 is 0 Å². The predicted molar refractivity (Wildman–Crippen MR) is 76.6 cm³/mol. The maximum atomic E-state index is 6.21. The molecule has 3 aromatic rings. The van der Waals surface area contributed by atoms with Gasteiger partial charge in [0.15, 0.2) is 5.13 Å². The minimum Gasteiger partial charge on any atom is -0.375 e. The average molecular weight is 292 g/mol. The molecular formula is C12H10ClN5S. The number of benzene rings is 1. The van der Waals surface area contributed by atoms with E-state index >= 15 is 0 Å². The molecule has 0 aliphatic heterocycles. The first kappa shape index (κ1) is 12.1. The molecule has 0 aliphatic rings. The SMILES string of the molecule is Cc1cccc(Cl)c1-n1cc(-c2cnc(N)s2)nn1. The van der Waals surface area contributed by atoms with Crippen molar-refractivity contribution in [2.24, 2.45) is 0 Å². The van der Waals surface area contributed by atoms with Gasteiger partial charge < -0.3 is 5.73 Å². The van der Waals surface area contributed by atoms with Gasteiger partial charge in [0.05, 0.1) is 21.8 Å². The Hall–Kier alpha value is -1.92. The lowest BCUT2D eigenvalue weighted by Gasteiger charge is -2.06. The number of anilines is 1. The molecule has 3 rings (SSSR count). The van der Waals surface area contributed by atoms with E-state index in [9.17, 15) is 0 Å². The summed E-state index contributed by atoms with van der Waals surface area (Å²) in [6.45, 7) is 1.98. The van der Waals surface area contributed by atoms with Crippen LogP contribution in [-0.4, -0.2) is 20.0 Å². The molecule has 19 heavy (non-hydrogen) atoms. The van der Waals surface area contributed by atoms with E-state index in [0.717, 1.165) is 21.8 Å². The number of nitrogens with zero attached hydrogens (tertiary/aromatic N) is 4. The third-order valence-electron chi connectivity index (χ3n) is 2.69. The first-order valence-electron chi connectivity index (χ1n) is 5.54. The lowest BCUT2D eigenvalue weighted by atomic mass is 10.2. The molecule has 0 unspecified atom stereocenters. The number of aromatic nitrogens is 4. The Morgan fingerprint density at radius 3 is 2.89 bits per heavy atom. The van der Waals surface area contributed by atoms with E-state index in [1.54, 1.807) is 10.9 Å². The van der Waals surface area contributed by atoms with Crippen LogP contribution in [0.2, 0.25) is 5.02 Å². The highest BCUT2D eigenvalue weighted by Crippen LogP contribution is 2.28. The number of nitrogen functional groups attached to an aromatic ring is 1. The molecule has 0 aliphatic carbocycles. The molecule has 0 spiro atoms. The van der Waals surface area contributed by atoms with Gasteiger partial charge in [-0.1, -0.05) is 40.3 Å². The van der Waals surface area contributed by atoms with Crippen molar-refractivity contribution in [2.75, 3.05) is 5.73 Å². The van der Waals surface area contributed by atoms with Gasteiger partial charge in [0.25, 0.3) is 0 Å². The summed E-state index contributed by atoms with van der Waals surface area (Å²) in [6.07, 6.45) is 3.51. The fraction of sp³-hybridized carbons (Fsp3) is 0.0833. The third-order valence-corrected chi connectivity index (χ3v) is 3.84. The van der Waals surface area contributed by atoms with Crippen LogP contribution in [0.1, 0.15) is 5.56 Å². The number of hydrogen-bond donors (Lipinski definition) is 1. The van der Waals surface area contributed by atoms with Crippen molar-refractivity contribution in [3.63, 3.8) is 0 Å². The number of para-hydroxylation sites is 1. The minimum absolute atomic E-state index is 0.512. The highest BCUT2D eigenvalue weighted by atomic mass is 35.5. The van der Waals surface area contributed by atoms with Crippen LogP contribution < -0.4 is 5.73 Å². The van der Waals surface area contributed by atoms with Gasteiger partial charge in [-0.25, -0.2) is 9.67 Å². The fourth-order valence-corrected chi connectivity index (χ4v) is 2.75. The number of nitrogens with two attached hydrogens (primary N) is 1. The molecule has 2 N–H and O–H groups in total. The molecule has 5 nitrogen and oxygen atoms in total. The average Bonchev–Trinajstić information content (AvgIpc) is 2.98. The molecule has 1 aromatic carbocycles. The number of aryl methyl sites for hydroxylation is 1. The predicted octanol–water partition coefficient (Wildman–Crippen LogP) is 2.93. The fourth-order valence-electron chi connectivity index (χ4n) is 1.81. The highest BCUT2D eigenvalue weighted by molar-refractivity contribution is 7.18. The Kier molecular flexibility index (Phi) is 2.96. The molecule has 7 heteroatoms. The quantitative estimate of drug-likeness (QED) is 0.788. The monoisotopic (exact) mass is 291 g/mol. The molecule has 0 bridgehead atoms. The molecule has 0 fully saturated rings. The Morgan fingerprint density at radius 2 is 2.21 bits per heavy atom. The molecule has 0 saturated carbocycles. The summed E-state index contributed by atoms with van der Waals surface area (Å²) in [6, 6.07) is 5.71. The molecule has 96 valence electrons. The van der Waals surface area contributed by atoms with Crippen LogP contribution in [0.3, 0.4) is 0 Å². The summed E-state index contributed by atoms with van der Waals surface area (Å²) in [7, 11) is 0. The van der Waals surface area contributed by atoms with Crippen molar-refractivity contribution >= 4 is 28.1 Å². The van der Waals surface area contributed by atoms with E-state index in [4.69, 9.17) is 17.3 Å². The molecule has 0 amide bonds. The lowest BCUT2D eigenvalue weighted by molar-refractivity contribution is 0.799. The van der Waals surface area contributed by atoms with Crippen molar-refractivity contribution in [1.29, 1.82) is 0 Å². The highest BCUT2D eigenvalue weighted by Gasteiger charge is 2.11. The zero-order valence-corrected chi connectivity index (χ0v) is 11.6. The summed E-state index contributed by atoms with van der Waals surface area (Å²) in [5.41, 5.74) is 8.21. The topological polar surface area (TPSA) is 69.6 Å². The van der Waals surface area contributed by atoms with Crippen molar-refractivity contribution in [3.05, 3.63) is 41.2 Å². The molecule has 0 radical (unpaired) electrons. The second kappa shape index (κ2) is 4.64. The zero-order valence-electron chi connectivity index (χ0n) is 10.0. The van der Waals surface area contributed by atoms with Crippen LogP contribution in [0.15, 0.2) is 30.6 Å². The second-order valence-corrected chi connectivity index (χ2v) is 5.49. The number of hydrogen-bond acceptors (Lipinski definition) is 5. The van der Waals surface area contributed by atoms with Crippen molar-refractivity contribution < 1.29 is 0 Å². The zero-order chi connectivity index (χ0) is 13.4. The Bertz CT molecular complexity index is 713. The van der Waals surface area contributed by atoms with E-state index in [1.165, 1.54) is 11.3 Å². The van der Waals surface area contributed by atoms with Crippen LogP contribution in [-0.2, 0) is 0 Å². The summed E-state index contributed by atoms with van der Waals surface area (Å²) < 4.78 is 1.67. The maximum Gasteiger partial charge on any atom is 0.180 e. The van der Waals surface area contributed by atoms with Gasteiger partial charge in [-0.05, 0) is 18.6 Å². The minimum atomic E-state index is 0.512. The largest absolute Gasteiger partial charge is 0.375 e. The molecular weight excluding hydrogens is 282 g/mol. The Morgan fingerprint density at radius 1 is 1.37 bits per heavy atom. The summed E-state index contributed by atoms with van der Waals surface area (Å²) >= 11 is 7.58. The van der Waals surface area contributed by atoms with E-state index in [1.807, 2.05) is 31.3 Å². The smallest absolute Gasteiger partial charge is 0.180 e. The summed E-state index contributed by atoms with van der Waals surface area (Å²) in [5, 5.41) is 9.39. The lowest BCUT2D eigenvalue weighted by Crippen LogP contribution is -1.98. The van der Waals surface area contributed by atoms with Gasteiger partial charge in [0.1, 0.15) is 5.69 Å². The molecule has 2 heterocycles. The Labute approximate surface area is 118 Å². The van der Waals surface area contributed by atoms with Crippen molar-refractivity contribution in [3.8, 4) is 16.3 Å². The number of halogens is 1. The first-order valence-corrected chi connectivity index (χ1v) is 6.74. The Balaban J connectivity index is 2.06. The van der Waals surface area contributed by atoms with Gasteiger partial charge in [-0.15, -0.1) is 5.10 Å². The summed E-state index contributed by atoms with van der Waals surface area (Å²) in [5.74, 6) is 0. The normalized spacial score (nSPS) is 10.8. The number of thiazole rings is 1. The third kappa shape index (κ3) is 2.20. The van der Waals surface area contributed by atoms with Gasteiger partial charge in [-0.2, -0.15) is 0 Å². The van der Waals surface area contributed by atoms with Crippen molar-refractivity contribution in [1.82, 2.24) is 20.0 Å².